The van der Waals surface area contributed by atoms with Gasteiger partial charge in [0.2, 0.25) is 0 Å². The first-order valence-electron chi connectivity index (χ1n) is 6.03. The molecule has 1 fully saturated rings. The molecule has 4 heteroatoms. The van der Waals surface area contributed by atoms with E-state index in [4.69, 9.17) is 16.7 Å². The zero-order valence-corrected chi connectivity index (χ0v) is 10.2. The lowest BCUT2D eigenvalue weighted by Gasteiger charge is -2.39. The number of hydrogen-bond acceptors (Lipinski definition) is 3. The van der Waals surface area contributed by atoms with Crippen LogP contribution in [0.15, 0.2) is 0 Å². The molecule has 5 atom stereocenters. The first-order valence-corrected chi connectivity index (χ1v) is 7.03. The number of hydrogen-bond donors (Lipinski definition) is 0. The van der Waals surface area contributed by atoms with E-state index in [9.17, 15) is 0 Å². The molecular formula is C10H21O3P. The van der Waals surface area contributed by atoms with Crippen LogP contribution in [0.3, 0.4) is 0 Å². The SMILES string of the molecule is [2H]C([3H])OC1COC(C)C(OP(C)C)C1C. The maximum atomic E-state index is 7.11. The third kappa shape index (κ3) is 2.90. The van der Waals surface area contributed by atoms with E-state index in [0.29, 0.717) is 6.61 Å². The van der Waals surface area contributed by atoms with Gasteiger partial charge in [-0.05, 0) is 20.3 Å². The van der Waals surface area contributed by atoms with Crippen molar-refractivity contribution in [1.29, 1.82) is 0 Å². The second kappa shape index (κ2) is 5.41. The molecule has 0 radical (unpaired) electrons. The van der Waals surface area contributed by atoms with Gasteiger partial charge in [-0.2, -0.15) is 0 Å². The standard InChI is InChI=1S/C10H21O3P/c1-7-9(11-3)6-12-8(2)10(7)13-14(4)5/h7-10H,6H2,1-5H3/i3TD. The van der Waals surface area contributed by atoms with E-state index in [0.717, 1.165) is 0 Å². The van der Waals surface area contributed by atoms with Crippen LogP contribution in [0.4, 0.5) is 0 Å². The molecule has 1 aliphatic heterocycles. The molecule has 0 bridgehead atoms. The number of ether oxygens (including phenoxy) is 2. The van der Waals surface area contributed by atoms with Crippen molar-refractivity contribution in [1.82, 2.24) is 0 Å². The van der Waals surface area contributed by atoms with Gasteiger partial charge in [0, 0.05) is 21.1 Å². The van der Waals surface area contributed by atoms with Gasteiger partial charge in [0.05, 0.1) is 27.7 Å². The van der Waals surface area contributed by atoms with Crippen molar-refractivity contribution in [3.8, 4) is 0 Å². The fraction of sp³-hybridized carbons (Fsp3) is 1.00. The van der Waals surface area contributed by atoms with Gasteiger partial charge >= 0.3 is 0 Å². The molecule has 3 nitrogen and oxygen atoms in total. The molecular weight excluding hydrogens is 199 g/mol. The third-order valence-electron chi connectivity index (χ3n) is 2.60. The quantitative estimate of drug-likeness (QED) is 0.686. The summed E-state index contributed by atoms with van der Waals surface area (Å²) in [5, 5.41) is 0. The van der Waals surface area contributed by atoms with Crippen LogP contribution in [0.1, 0.15) is 16.6 Å². The van der Waals surface area contributed by atoms with Gasteiger partial charge in [-0.3, -0.25) is 0 Å². The summed E-state index contributed by atoms with van der Waals surface area (Å²) in [6.45, 7) is 8.58. The Morgan fingerprint density at radius 3 is 2.86 bits per heavy atom. The maximum absolute atomic E-state index is 7.11. The van der Waals surface area contributed by atoms with Crippen molar-refractivity contribution < 1.29 is 16.7 Å². The van der Waals surface area contributed by atoms with Crippen molar-refractivity contribution in [2.45, 2.75) is 32.2 Å². The lowest BCUT2D eigenvalue weighted by Crippen LogP contribution is -2.48. The van der Waals surface area contributed by atoms with E-state index in [1.165, 1.54) is 0 Å². The van der Waals surface area contributed by atoms with Crippen LogP contribution in [0, 0.1) is 5.92 Å². The van der Waals surface area contributed by atoms with Gasteiger partial charge < -0.3 is 14.0 Å². The van der Waals surface area contributed by atoms with Crippen LogP contribution in [0.5, 0.6) is 0 Å². The molecule has 0 saturated carbocycles. The molecule has 0 aromatic rings. The minimum absolute atomic E-state index is 0.00129. The normalized spacial score (nSPS) is 43.2. The molecule has 0 aliphatic carbocycles. The van der Waals surface area contributed by atoms with Crippen LogP contribution in [0.2, 0.25) is 0 Å². The topological polar surface area (TPSA) is 27.7 Å². The minimum atomic E-state index is -1.25. The summed E-state index contributed by atoms with van der Waals surface area (Å²) in [7, 11) is -1.70. The van der Waals surface area contributed by atoms with E-state index in [2.05, 4.69) is 13.3 Å². The molecule has 5 unspecified atom stereocenters. The highest BCUT2D eigenvalue weighted by Gasteiger charge is 2.36. The molecule has 1 heterocycles. The van der Waals surface area contributed by atoms with E-state index in [1.807, 2.05) is 13.8 Å². The Morgan fingerprint density at radius 2 is 2.29 bits per heavy atom. The number of rotatable bonds is 3. The average Bonchev–Trinajstić information content (AvgIpc) is 2.16. The molecule has 0 spiro atoms. The van der Waals surface area contributed by atoms with Gasteiger partial charge in [0.25, 0.3) is 0 Å². The van der Waals surface area contributed by atoms with Crippen LogP contribution in [-0.4, -0.2) is 45.3 Å². The van der Waals surface area contributed by atoms with E-state index < -0.39 is 15.2 Å². The Balaban J connectivity index is 2.59. The Morgan fingerprint density at radius 1 is 1.57 bits per heavy atom. The molecule has 0 amide bonds. The molecule has 1 rings (SSSR count). The fourth-order valence-corrected chi connectivity index (χ4v) is 2.57. The highest BCUT2D eigenvalue weighted by Crippen LogP contribution is 2.36. The molecule has 1 aliphatic rings. The minimum Gasteiger partial charge on any atom is -0.379 e. The predicted molar refractivity (Wildman–Crippen MR) is 59.0 cm³/mol. The van der Waals surface area contributed by atoms with Crippen molar-refractivity contribution in [2.24, 2.45) is 5.92 Å². The van der Waals surface area contributed by atoms with Crippen molar-refractivity contribution >= 4 is 8.15 Å². The number of methoxy groups -OCH3 is 1. The molecule has 14 heavy (non-hydrogen) atoms. The molecule has 0 N–H and O–H groups in total. The first kappa shape index (κ1) is 9.53. The van der Waals surface area contributed by atoms with Gasteiger partial charge in [0.15, 0.2) is 0 Å². The van der Waals surface area contributed by atoms with E-state index in [1.54, 1.807) is 0 Å². The van der Waals surface area contributed by atoms with Crippen LogP contribution in [0.25, 0.3) is 0 Å². The predicted octanol–water partition coefficient (Wildman–Crippen LogP) is 2.10. The second-order valence-corrected chi connectivity index (χ2v) is 5.79. The summed E-state index contributed by atoms with van der Waals surface area (Å²) >= 11 is 0. The molecule has 0 aromatic heterocycles. The lowest BCUT2D eigenvalue weighted by molar-refractivity contribution is -0.146. The Labute approximate surface area is 90.8 Å². The maximum Gasteiger partial charge on any atom is 0.0927 e. The van der Waals surface area contributed by atoms with Gasteiger partial charge in [-0.15, -0.1) is 0 Å². The summed E-state index contributed by atoms with van der Waals surface area (Å²) in [5.41, 5.74) is 0. The summed E-state index contributed by atoms with van der Waals surface area (Å²) < 4.78 is 30.9. The van der Waals surface area contributed by atoms with Crippen molar-refractivity contribution in [3.05, 3.63) is 0 Å². The molecule has 0 aromatic carbocycles. The Kier molecular flexibility index (Phi) is 3.68. The third-order valence-corrected chi connectivity index (χ3v) is 3.26. The smallest absolute Gasteiger partial charge is 0.0927 e. The molecule has 84 valence electrons. The largest absolute Gasteiger partial charge is 0.379 e. The summed E-state index contributed by atoms with van der Waals surface area (Å²) in [6, 6.07) is 0. The fourth-order valence-electron chi connectivity index (χ4n) is 1.72. The van der Waals surface area contributed by atoms with Crippen LogP contribution >= 0.6 is 8.15 Å². The Hall–Kier alpha value is 0.310. The Bertz CT molecular complexity index is 216. The van der Waals surface area contributed by atoms with Crippen LogP contribution in [-0.2, 0) is 14.0 Å². The van der Waals surface area contributed by atoms with Gasteiger partial charge in [-0.25, -0.2) is 0 Å². The first-order chi connectivity index (χ1) is 7.41. The van der Waals surface area contributed by atoms with Crippen LogP contribution < -0.4 is 0 Å². The monoisotopic (exact) mass is 223 g/mol. The highest BCUT2D eigenvalue weighted by atomic mass is 31.1. The van der Waals surface area contributed by atoms with Gasteiger partial charge in [-0.1, -0.05) is 6.92 Å². The van der Waals surface area contributed by atoms with Crippen molar-refractivity contribution in [2.75, 3.05) is 27.0 Å². The van der Waals surface area contributed by atoms with E-state index in [-0.39, 0.29) is 24.2 Å². The van der Waals surface area contributed by atoms with Gasteiger partial charge in [0.1, 0.15) is 0 Å². The highest BCUT2D eigenvalue weighted by molar-refractivity contribution is 7.50. The second-order valence-electron chi connectivity index (χ2n) is 3.95. The summed E-state index contributed by atoms with van der Waals surface area (Å²) in [6.07, 6.45) is -0.163. The average molecular weight is 223 g/mol. The lowest BCUT2D eigenvalue weighted by atomic mass is 9.92. The van der Waals surface area contributed by atoms with Crippen molar-refractivity contribution in [3.63, 3.8) is 0 Å². The zero-order chi connectivity index (χ0) is 12.3. The molecule has 1 saturated heterocycles. The summed E-state index contributed by atoms with van der Waals surface area (Å²) in [5.74, 6) is 0.159. The zero-order valence-electron chi connectivity index (χ0n) is 11.3. The summed E-state index contributed by atoms with van der Waals surface area (Å²) in [4.78, 5) is 0. The van der Waals surface area contributed by atoms with E-state index >= 15 is 0 Å².